The van der Waals surface area contributed by atoms with Crippen LogP contribution in [0.5, 0.6) is 0 Å². The molecule has 0 aliphatic carbocycles. The lowest BCUT2D eigenvalue weighted by molar-refractivity contribution is -0.870. The number of esters is 2. The minimum Gasteiger partial charge on any atom is -0.477 e. The number of carbonyl (C=O) groups is 3. The van der Waals surface area contributed by atoms with Gasteiger partial charge in [0, 0.05) is 12.8 Å². The zero-order chi connectivity index (χ0) is 64.0. The van der Waals surface area contributed by atoms with E-state index in [2.05, 4.69) is 74.6 Å². The van der Waals surface area contributed by atoms with Gasteiger partial charge in [-0.1, -0.05) is 357 Å². The number of likely N-dealkylation sites (N-methyl/N-ethyl adjacent to an activating group) is 1. The normalized spacial score (nSPS) is 13.0. The van der Waals surface area contributed by atoms with E-state index in [1.165, 1.54) is 257 Å². The van der Waals surface area contributed by atoms with Crippen molar-refractivity contribution in [3.8, 4) is 0 Å². The molecule has 1 N–H and O–H groups in total. The van der Waals surface area contributed by atoms with Crippen molar-refractivity contribution in [3.63, 3.8) is 0 Å². The highest BCUT2D eigenvalue weighted by atomic mass is 16.7. The number of hydrogen-bond donors (Lipinski definition) is 1. The predicted octanol–water partition coefficient (Wildman–Crippen LogP) is 23.9. The van der Waals surface area contributed by atoms with Gasteiger partial charge in [0.25, 0.3) is 6.29 Å². The van der Waals surface area contributed by atoms with Crippen LogP contribution in [-0.2, 0) is 33.3 Å². The van der Waals surface area contributed by atoms with Gasteiger partial charge in [0.2, 0.25) is 0 Å². The van der Waals surface area contributed by atoms with Crippen LogP contribution in [0.2, 0.25) is 0 Å². The quantitative estimate of drug-likeness (QED) is 0.0211. The summed E-state index contributed by atoms with van der Waals surface area (Å²) in [7, 11) is 5.98. The zero-order valence-electron chi connectivity index (χ0n) is 58.9. The average Bonchev–Trinajstić information content (AvgIpc) is 3.62. The fourth-order valence-electron chi connectivity index (χ4n) is 11.3. The molecule has 9 heteroatoms. The summed E-state index contributed by atoms with van der Waals surface area (Å²) in [6, 6.07) is 0. The van der Waals surface area contributed by atoms with Gasteiger partial charge < -0.3 is 28.5 Å². The highest BCUT2D eigenvalue weighted by Crippen LogP contribution is 2.19. The molecule has 0 aliphatic rings. The summed E-state index contributed by atoms with van der Waals surface area (Å²) < 4.78 is 23.0. The molecule has 2 unspecified atom stereocenters. The van der Waals surface area contributed by atoms with Crippen molar-refractivity contribution in [3.05, 3.63) is 60.8 Å². The lowest BCUT2D eigenvalue weighted by Crippen LogP contribution is -2.40. The molecule has 0 bridgehead atoms. The molecule has 0 aromatic rings. The van der Waals surface area contributed by atoms with Gasteiger partial charge in [-0.25, -0.2) is 4.79 Å². The molecule has 0 rings (SSSR count). The summed E-state index contributed by atoms with van der Waals surface area (Å²) >= 11 is 0. The van der Waals surface area contributed by atoms with Gasteiger partial charge in [-0.2, -0.15) is 0 Å². The standard InChI is InChI=1S/C79H145NO8/c1-6-8-10-12-14-16-18-20-22-24-26-28-30-32-33-34-35-36-37-38-39-40-41-42-43-44-46-47-49-51-53-55-57-59-61-63-65-67-69-76(81)86-73-75(74-87-79(78(83)84)85-72-71-80(3,4)5)88-77(82)70-68-66-64-62-60-58-56-54-52-50-48-45-31-29-27-25-23-21-19-17-15-13-11-9-7-2/h9,11,15,17,21,23,27,29,45,48,75,79H,6-8,10,12-14,16,18-20,22,24-26,28,30-44,46-47,49-74H2,1-5H3/p+1/b11-9-,17-15-,23-21-,29-27-,48-45-. The van der Waals surface area contributed by atoms with Gasteiger partial charge in [0.1, 0.15) is 13.2 Å². The molecular formula is C79H146NO8+. The van der Waals surface area contributed by atoms with Crippen LogP contribution in [0.15, 0.2) is 60.8 Å². The number of allylic oxidation sites excluding steroid dienone is 10. The minimum atomic E-state index is -1.51. The van der Waals surface area contributed by atoms with E-state index < -0.39 is 24.3 Å². The Morgan fingerprint density at radius 1 is 0.352 bits per heavy atom. The Bertz CT molecular complexity index is 1630. The van der Waals surface area contributed by atoms with Crippen LogP contribution in [0.4, 0.5) is 0 Å². The maximum Gasteiger partial charge on any atom is 0.361 e. The fourth-order valence-corrected chi connectivity index (χ4v) is 11.3. The van der Waals surface area contributed by atoms with E-state index >= 15 is 0 Å². The first kappa shape index (κ1) is 85.0. The monoisotopic (exact) mass is 1240 g/mol. The Labute approximate surface area is 545 Å². The Balaban J connectivity index is 3.98. The van der Waals surface area contributed by atoms with E-state index in [1.54, 1.807) is 0 Å². The summed E-state index contributed by atoms with van der Waals surface area (Å²) in [4.78, 5) is 37.7. The van der Waals surface area contributed by atoms with Crippen molar-refractivity contribution < 1.29 is 42.9 Å². The number of carboxylic acids is 1. The lowest BCUT2D eigenvalue weighted by Gasteiger charge is -2.25. The van der Waals surface area contributed by atoms with Gasteiger partial charge in [-0.15, -0.1) is 0 Å². The van der Waals surface area contributed by atoms with Crippen LogP contribution >= 0.6 is 0 Å². The smallest absolute Gasteiger partial charge is 0.361 e. The topological polar surface area (TPSA) is 108 Å². The molecule has 0 fully saturated rings. The molecular weight excluding hydrogens is 1090 g/mol. The first-order valence-corrected chi connectivity index (χ1v) is 38.0. The second-order valence-electron chi connectivity index (χ2n) is 26.9. The highest BCUT2D eigenvalue weighted by molar-refractivity contribution is 5.71. The van der Waals surface area contributed by atoms with Gasteiger partial charge in [0.05, 0.1) is 34.4 Å². The number of hydrogen-bond acceptors (Lipinski definition) is 7. The van der Waals surface area contributed by atoms with Crippen molar-refractivity contribution in [2.45, 2.75) is 379 Å². The lowest BCUT2D eigenvalue weighted by atomic mass is 10.0. The molecule has 0 spiro atoms. The predicted molar refractivity (Wildman–Crippen MR) is 378 cm³/mol. The first-order valence-electron chi connectivity index (χ1n) is 38.0. The van der Waals surface area contributed by atoms with E-state index in [0.29, 0.717) is 23.9 Å². The van der Waals surface area contributed by atoms with Gasteiger partial charge >= 0.3 is 17.9 Å². The third kappa shape index (κ3) is 70.4. The number of unbranched alkanes of at least 4 members (excludes halogenated alkanes) is 46. The Morgan fingerprint density at radius 2 is 0.648 bits per heavy atom. The average molecular weight is 1240 g/mol. The van der Waals surface area contributed by atoms with Gasteiger partial charge in [-0.3, -0.25) is 9.59 Å². The minimum absolute atomic E-state index is 0.183. The summed E-state index contributed by atoms with van der Waals surface area (Å²) in [5.41, 5.74) is 0. The molecule has 2 atom stereocenters. The van der Waals surface area contributed by atoms with Crippen molar-refractivity contribution in [1.29, 1.82) is 0 Å². The molecule has 0 amide bonds. The van der Waals surface area contributed by atoms with E-state index in [9.17, 15) is 19.5 Å². The molecule has 0 saturated carbocycles. The van der Waals surface area contributed by atoms with E-state index in [1.807, 2.05) is 21.1 Å². The maximum atomic E-state index is 12.9. The number of nitrogens with zero attached hydrogens (tertiary/aromatic N) is 1. The number of rotatable bonds is 71. The highest BCUT2D eigenvalue weighted by Gasteiger charge is 2.25. The summed E-state index contributed by atoms with van der Waals surface area (Å²) in [6.07, 6.45) is 89.4. The second kappa shape index (κ2) is 69.9. The van der Waals surface area contributed by atoms with Crippen molar-refractivity contribution in [2.75, 3.05) is 47.5 Å². The van der Waals surface area contributed by atoms with Gasteiger partial charge in [-0.05, 0) is 57.8 Å². The van der Waals surface area contributed by atoms with Crippen molar-refractivity contribution in [1.82, 2.24) is 0 Å². The number of ether oxygens (including phenoxy) is 4. The molecule has 9 nitrogen and oxygen atoms in total. The zero-order valence-corrected chi connectivity index (χ0v) is 58.9. The molecule has 0 heterocycles. The summed E-state index contributed by atoms with van der Waals surface area (Å²) in [5, 5.41) is 9.75. The second-order valence-corrected chi connectivity index (χ2v) is 26.9. The number of aliphatic carboxylic acids is 1. The van der Waals surface area contributed by atoms with E-state index in [0.717, 1.165) is 77.0 Å². The third-order valence-corrected chi connectivity index (χ3v) is 17.0. The Morgan fingerprint density at radius 3 is 0.966 bits per heavy atom. The molecule has 0 aromatic heterocycles. The molecule has 0 radical (unpaired) electrons. The van der Waals surface area contributed by atoms with Crippen LogP contribution < -0.4 is 0 Å². The molecule has 88 heavy (non-hydrogen) atoms. The molecule has 0 aromatic carbocycles. The first-order chi connectivity index (χ1) is 43.1. The van der Waals surface area contributed by atoms with E-state index in [4.69, 9.17) is 18.9 Å². The Hall–Kier alpha value is -3.01. The van der Waals surface area contributed by atoms with Crippen LogP contribution in [0.25, 0.3) is 0 Å². The Kier molecular flexibility index (Phi) is 67.5. The largest absolute Gasteiger partial charge is 0.477 e. The number of quaternary nitrogens is 1. The van der Waals surface area contributed by atoms with Crippen LogP contribution in [0.3, 0.4) is 0 Å². The summed E-state index contributed by atoms with van der Waals surface area (Å²) in [6.45, 7) is 4.81. The van der Waals surface area contributed by atoms with Crippen molar-refractivity contribution >= 4 is 17.9 Å². The molecule has 0 saturated heterocycles. The number of carbonyl (C=O) groups excluding carboxylic acids is 2. The van der Waals surface area contributed by atoms with Crippen LogP contribution in [0.1, 0.15) is 367 Å². The fraction of sp³-hybridized carbons (Fsp3) is 0.835. The van der Waals surface area contributed by atoms with Crippen LogP contribution in [0, 0.1) is 0 Å². The summed E-state index contributed by atoms with van der Waals surface area (Å²) in [5.74, 6) is -1.99. The SMILES string of the molecule is CC/C=C\C/C=C\C/C=C\C/C=C\C/C=C\CCCCCCCCCCCC(=O)OC(COC(=O)CCCCCCCCCCCCCCCCCCCCCCCCCCCCCCCCCCCCCCCC)COC(OCC[N+](C)(C)C)C(=O)O. The van der Waals surface area contributed by atoms with E-state index in [-0.39, 0.29) is 32.2 Å². The maximum absolute atomic E-state index is 12.9. The molecule has 514 valence electrons. The number of carboxylic acid groups (broad SMARTS) is 1. The third-order valence-electron chi connectivity index (χ3n) is 17.0. The van der Waals surface area contributed by atoms with Crippen molar-refractivity contribution in [2.24, 2.45) is 0 Å². The molecule has 0 aliphatic heterocycles. The van der Waals surface area contributed by atoms with Crippen LogP contribution in [-0.4, -0.2) is 87.4 Å². The van der Waals surface area contributed by atoms with Gasteiger partial charge in [0.15, 0.2) is 6.10 Å².